The third-order valence-electron chi connectivity index (χ3n) is 1.90. The molecule has 1 aliphatic rings. The van der Waals surface area contributed by atoms with E-state index in [0.717, 1.165) is 6.42 Å². The first-order chi connectivity index (χ1) is 5.62. The fourth-order valence-corrected chi connectivity index (χ4v) is 4.10. The van der Waals surface area contributed by atoms with E-state index in [1.54, 1.807) is 0 Å². The van der Waals surface area contributed by atoms with Crippen molar-refractivity contribution in [1.82, 2.24) is 0 Å². The van der Waals surface area contributed by atoms with Gasteiger partial charge in [-0.1, -0.05) is 0 Å². The van der Waals surface area contributed by atoms with Crippen molar-refractivity contribution in [2.45, 2.75) is 30.3 Å². The lowest BCUT2D eigenvalue weighted by Gasteiger charge is -2.31. The lowest BCUT2D eigenvalue weighted by molar-refractivity contribution is -0.137. The Labute approximate surface area is 81.5 Å². The highest BCUT2D eigenvalue weighted by Crippen LogP contribution is 2.44. The molecule has 0 atom stereocenters. The lowest BCUT2D eigenvalue weighted by Crippen LogP contribution is -2.21. The van der Waals surface area contributed by atoms with E-state index >= 15 is 0 Å². The average molecular weight is 206 g/mol. The summed E-state index contributed by atoms with van der Waals surface area (Å²) in [5.74, 6) is 1.69. The Morgan fingerprint density at radius 2 is 2.08 bits per heavy atom. The lowest BCUT2D eigenvalue weighted by atomic mass is 10.2. The smallest absolute Gasteiger partial charge is 0.303 e. The number of hydrogen-bond acceptors (Lipinski definition) is 3. The van der Waals surface area contributed by atoms with Crippen LogP contribution in [0.2, 0.25) is 0 Å². The van der Waals surface area contributed by atoms with E-state index in [1.165, 1.54) is 17.9 Å². The van der Waals surface area contributed by atoms with Crippen LogP contribution >= 0.6 is 23.5 Å². The molecule has 0 unspecified atom stereocenters. The zero-order chi connectivity index (χ0) is 9.03. The summed E-state index contributed by atoms with van der Waals surface area (Å²) in [6.07, 6.45) is 2.35. The Morgan fingerprint density at radius 3 is 2.58 bits per heavy atom. The van der Waals surface area contributed by atoms with E-state index in [-0.39, 0.29) is 4.08 Å². The van der Waals surface area contributed by atoms with Gasteiger partial charge < -0.3 is 5.11 Å². The molecule has 2 nitrogen and oxygen atoms in total. The van der Waals surface area contributed by atoms with Crippen molar-refractivity contribution >= 4 is 29.5 Å². The van der Waals surface area contributed by atoms with Crippen LogP contribution < -0.4 is 0 Å². The Morgan fingerprint density at radius 1 is 1.50 bits per heavy atom. The second-order valence-corrected chi connectivity index (χ2v) is 6.53. The molecule has 70 valence electrons. The van der Waals surface area contributed by atoms with E-state index in [9.17, 15) is 4.79 Å². The highest BCUT2D eigenvalue weighted by molar-refractivity contribution is 8.18. The van der Waals surface area contributed by atoms with Crippen LogP contribution in [0.25, 0.3) is 0 Å². The number of carboxylic acid groups (broad SMARTS) is 1. The molecule has 0 amide bonds. The molecule has 1 saturated heterocycles. The minimum Gasteiger partial charge on any atom is -0.481 e. The van der Waals surface area contributed by atoms with Gasteiger partial charge in [-0.05, 0) is 31.3 Å². The molecule has 1 N–H and O–H groups in total. The fraction of sp³-hybridized carbons (Fsp3) is 0.875. The Hall–Kier alpha value is 0.170. The third kappa shape index (κ3) is 3.27. The van der Waals surface area contributed by atoms with Crippen molar-refractivity contribution in [3.8, 4) is 0 Å². The van der Waals surface area contributed by atoms with Crippen molar-refractivity contribution in [2.75, 3.05) is 11.5 Å². The molecule has 0 aromatic carbocycles. The number of aliphatic carboxylic acids is 1. The van der Waals surface area contributed by atoms with E-state index in [4.69, 9.17) is 5.11 Å². The standard InChI is InChI=1S/C8H14O2S2/c1-8(4-3-7(9)10)11-5-2-6-12-8/h2-6H2,1H3,(H,9,10). The largest absolute Gasteiger partial charge is 0.481 e. The summed E-state index contributed by atoms with van der Waals surface area (Å²) in [7, 11) is 0. The van der Waals surface area contributed by atoms with Crippen LogP contribution in [0.5, 0.6) is 0 Å². The van der Waals surface area contributed by atoms with Crippen molar-refractivity contribution in [2.24, 2.45) is 0 Å². The van der Waals surface area contributed by atoms with Crippen LogP contribution in [-0.2, 0) is 4.79 Å². The van der Waals surface area contributed by atoms with E-state index in [1.807, 2.05) is 23.5 Å². The van der Waals surface area contributed by atoms with Gasteiger partial charge in [0.1, 0.15) is 0 Å². The van der Waals surface area contributed by atoms with Crippen LogP contribution in [0, 0.1) is 0 Å². The molecule has 0 aromatic rings. The van der Waals surface area contributed by atoms with E-state index in [0.29, 0.717) is 6.42 Å². The van der Waals surface area contributed by atoms with Crippen LogP contribution in [-0.4, -0.2) is 26.7 Å². The third-order valence-corrected chi connectivity index (χ3v) is 5.22. The van der Waals surface area contributed by atoms with Gasteiger partial charge in [0.25, 0.3) is 0 Å². The van der Waals surface area contributed by atoms with Gasteiger partial charge in [-0.25, -0.2) is 0 Å². The number of hydrogen-bond donors (Lipinski definition) is 1. The second-order valence-electron chi connectivity index (χ2n) is 3.08. The highest BCUT2D eigenvalue weighted by atomic mass is 32.2. The summed E-state index contributed by atoms with van der Waals surface area (Å²) < 4.78 is 0.163. The summed E-state index contributed by atoms with van der Waals surface area (Å²) in [6.45, 7) is 2.16. The number of carbonyl (C=O) groups is 1. The number of thioether (sulfide) groups is 2. The highest BCUT2D eigenvalue weighted by Gasteiger charge is 2.28. The molecule has 1 rings (SSSR count). The van der Waals surface area contributed by atoms with Crippen molar-refractivity contribution in [3.05, 3.63) is 0 Å². The minimum atomic E-state index is -0.678. The van der Waals surface area contributed by atoms with Crippen LogP contribution in [0.3, 0.4) is 0 Å². The zero-order valence-corrected chi connectivity index (χ0v) is 8.84. The first-order valence-electron chi connectivity index (χ1n) is 4.12. The fourth-order valence-electron chi connectivity index (χ4n) is 1.16. The Bertz CT molecular complexity index is 164. The molecule has 4 heteroatoms. The summed E-state index contributed by atoms with van der Waals surface area (Å²) in [5, 5.41) is 8.54. The molecular formula is C8H14O2S2. The van der Waals surface area contributed by atoms with E-state index in [2.05, 4.69) is 6.92 Å². The molecule has 12 heavy (non-hydrogen) atoms. The summed E-state index contributed by atoms with van der Waals surface area (Å²) in [5.41, 5.74) is 0. The molecular weight excluding hydrogens is 192 g/mol. The molecule has 1 fully saturated rings. The molecule has 0 aliphatic carbocycles. The predicted molar refractivity (Wildman–Crippen MR) is 54.8 cm³/mol. The average Bonchev–Trinajstić information content (AvgIpc) is 2.03. The monoisotopic (exact) mass is 206 g/mol. The van der Waals surface area contributed by atoms with Crippen LogP contribution in [0.1, 0.15) is 26.2 Å². The molecule has 0 radical (unpaired) electrons. The van der Waals surface area contributed by atoms with E-state index < -0.39 is 5.97 Å². The number of rotatable bonds is 3. The Balaban J connectivity index is 2.31. The van der Waals surface area contributed by atoms with Gasteiger partial charge in [0.05, 0.1) is 4.08 Å². The second kappa shape index (κ2) is 4.42. The molecule has 0 spiro atoms. The van der Waals surface area contributed by atoms with Crippen LogP contribution in [0.4, 0.5) is 0 Å². The maximum absolute atomic E-state index is 10.4. The first kappa shape index (κ1) is 10.3. The SMILES string of the molecule is CC1(CCC(=O)O)SCCCS1. The van der Waals surface area contributed by atoms with Gasteiger partial charge in [-0.3, -0.25) is 4.79 Å². The first-order valence-corrected chi connectivity index (χ1v) is 6.09. The maximum atomic E-state index is 10.4. The zero-order valence-electron chi connectivity index (χ0n) is 7.21. The van der Waals surface area contributed by atoms with Gasteiger partial charge in [-0.2, -0.15) is 0 Å². The van der Waals surface area contributed by atoms with Gasteiger partial charge in [-0.15, -0.1) is 23.5 Å². The summed E-state index contributed by atoms with van der Waals surface area (Å²) in [6, 6.07) is 0. The van der Waals surface area contributed by atoms with Gasteiger partial charge >= 0.3 is 5.97 Å². The van der Waals surface area contributed by atoms with Gasteiger partial charge in [0, 0.05) is 6.42 Å². The minimum absolute atomic E-state index is 0.163. The summed E-state index contributed by atoms with van der Waals surface area (Å²) in [4.78, 5) is 10.4. The summed E-state index contributed by atoms with van der Waals surface area (Å²) >= 11 is 3.81. The van der Waals surface area contributed by atoms with Crippen molar-refractivity contribution in [3.63, 3.8) is 0 Å². The van der Waals surface area contributed by atoms with Gasteiger partial charge in [0.2, 0.25) is 0 Å². The number of carboxylic acids is 1. The molecule has 1 aliphatic heterocycles. The van der Waals surface area contributed by atoms with Gasteiger partial charge in [0.15, 0.2) is 0 Å². The van der Waals surface area contributed by atoms with Crippen LogP contribution in [0.15, 0.2) is 0 Å². The molecule has 0 saturated carbocycles. The topological polar surface area (TPSA) is 37.3 Å². The van der Waals surface area contributed by atoms with Crippen molar-refractivity contribution in [1.29, 1.82) is 0 Å². The van der Waals surface area contributed by atoms with Crippen molar-refractivity contribution < 1.29 is 9.90 Å². The molecule has 0 aromatic heterocycles. The Kier molecular flexibility index (Phi) is 3.77. The quantitative estimate of drug-likeness (QED) is 0.769. The molecule has 1 heterocycles. The molecule has 0 bridgehead atoms. The normalized spacial score (nSPS) is 22.1. The maximum Gasteiger partial charge on any atom is 0.303 e. The predicted octanol–water partition coefficient (Wildman–Crippen LogP) is 2.44.